The molecule has 0 saturated heterocycles. The number of nitrogens with one attached hydrogen (secondary N) is 1. The number of phosphoric acid groups is 1. The predicted molar refractivity (Wildman–Crippen MR) is 346 cm³/mol. The first kappa shape index (κ1) is 76.4. The number of carbonyl (C=O) groups is 2. The fourth-order valence-corrected chi connectivity index (χ4v) is 9.39. The number of nitrogens with zero attached hydrogens (tertiary/aromatic N) is 1. The number of allylic oxidation sites excluding steroid dienone is 19. The molecule has 0 aromatic rings. The zero-order chi connectivity index (χ0) is 58.6. The lowest BCUT2D eigenvalue weighted by Crippen LogP contribution is -2.47. The van der Waals surface area contributed by atoms with Crippen molar-refractivity contribution < 1.29 is 37.3 Å². The third kappa shape index (κ3) is 59.0. The molecule has 1 amide bonds. The molecule has 0 saturated carbocycles. The van der Waals surface area contributed by atoms with Gasteiger partial charge >= 0.3 is 13.8 Å². The fourth-order valence-electron chi connectivity index (χ4n) is 8.66. The highest BCUT2D eigenvalue weighted by atomic mass is 31.2. The lowest BCUT2D eigenvalue weighted by Gasteiger charge is -2.27. The number of ether oxygens (including phenoxy) is 1. The maximum absolute atomic E-state index is 13.6. The van der Waals surface area contributed by atoms with Crippen molar-refractivity contribution in [3.63, 3.8) is 0 Å². The molecule has 9 nitrogen and oxygen atoms in total. The molecule has 0 aliphatic heterocycles. The van der Waals surface area contributed by atoms with Crippen LogP contribution in [0.15, 0.2) is 122 Å². The second kappa shape index (κ2) is 58.6. The van der Waals surface area contributed by atoms with Crippen molar-refractivity contribution in [2.75, 3.05) is 40.9 Å². The molecule has 2 N–H and O–H groups in total. The van der Waals surface area contributed by atoms with Gasteiger partial charge in [0.1, 0.15) is 19.3 Å². The SMILES string of the molecule is CC/C=C\C/C=C\C/C=C\C/C=C\C/C=C\C/C=C\CCCCCCC(=O)OC(/C=C/CCCCCCCCCCCC)C(COP(=O)(O)OCC[N+](C)(C)C)NC(=O)CCCCCCCC/C=C\C/C=C\C/C=C\CCCCC. The van der Waals surface area contributed by atoms with E-state index in [9.17, 15) is 19.0 Å². The molecule has 0 aromatic heterocycles. The molecule has 0 aliphatic rings. The second-order valence-corrected chi connectivity index (χ2v) is 24.0. The number of amides is 1. The van der Waals surface area contributed by atoms with Crippen LogP contribution in [-0.4, -0.2) is 74.3 Å². The van der Waals surface area contributed by atoms with Gasteiger partial charge in [-0.25, -0.2) is 4.57 Å². The van der Waals surface area contributed by atoms with Crippen molar-refractivity contribution in [2.45, 2.75) is 270 Å². The van der Waals surface area contributed by atoms with Crippen molar-refractivity contribution in [3.05, 3.63) is 122 Å². The van der Waals surface area contributed by atoms with Gasteiger partial charge in [0.05, 0.1) is 33.8 Å². The van der Waals surface area contributed by atoms with Crippen LogP contribution in [0.4, 0.5) is 0 Å². The highest BCUT2D eigenvalue weighted by Gasteiger charge is 2.30. The number of esters is 1. The molecule has 3 unspecified atom stereocenters. The van der Waals surface area contributed by atoms with Crippen molar-refractivity contribution >= 4 is 19.7 Å². The summed E-state index contributed by atoms with van der Waals surface area (Å²) in [6.45, 7) is 6.83. The summed E-state index contributed by atoms with van der Waals surface area (Å²) >= 11 is 0. The van der Waals surface area contributed by atoms with E-state index in [0.29, 0.717) is 23.9 Å². The Hall–Kier alpha value is -3.59. The van der Waals surface area contributed by atoms with E-state index in [0.717, 1.165) is 141 Å². The number of phosphoric ester groups is 1. The number of rotatable bonds is 57. The quantitative estimate of drug-likeness (QED) is 0.0205. The molecule has 3 atom stereocenters. The first-order valence-electron chi connectivity index (χ1n) is 32.4. The third-order valence-corrected chi connectivity index (χ3v) is 14.6. The van der Waals surface area contributed by atoms with Gasteiger partial charge in [0.25, 0.3) is 0 Å². The zero-order valence-electron chi connectivity index (χ0n) is 52.3. The van der Waals surface area contributed by atoms with E-state index in [4.69, 9.17) is 13.8 Å². The summed E-state index contributed by atoms with van der Waals surface area (Å²) in [6, 6.07) is -0.875. The minimum atomic E-state index is -4.47. The maximum Gasteiger partial charge on any atom is 0.472 e. The van der Waals surface area contributed by atoms with Gasteiger partial charge in [0, 0.05) is 12.8 Å². The lowest BCUT2D eigenvalue weighted by molar-refractivity contribution is -0.870. The number of hydrogen-bond acceptors (Lipinski definition) is 6. The summed E-state index contributed by atoms with van der Waals surface area (Å²) in [6.07, 6.45) is 81.9. The molecule has 0 spiro atoms. The van der Waals surface area contributed by atoms with E-state index < -0.39 is 20.0 Å². The van der Waals surface area contributed by atoms with Gasteiger partial charge in [-0.15, -0.1) is 0 Å². The van der Waals surface area contributed by atoms with Crippen LogP contribution in [0.2, 0.25) is 0 Å². The molecule has 0 aliphatic carbocycles. The number of quaternary nitrogens is 1. The lowest BCUT2D eigenvalue weighted by atomic mass is 10.0. The number of carbonyl (C=O) groups excluding carboxylic acids is 2. The highest BCUT2D eigenvalue weighted by molar-refractivity contribution is 7.47. The van der Waals surface area contributed by atoms with E-state index in [1.165, 1.54) is 77.0 Å². The Bertz CT molecular complexity index is 1780. The van der Waals surface area contributed by atoms with Crippen molar-refractivity contribution in [1.82, 2.24) is 5.32 Å². The Morgan fingerprint density at radius 1 is 0.450 bits per heavy atom. The van der Waals surface area contributed by atoms with Crippen molar-refractivity contribution in [3.8, 4) is 0 Å². The van der Waals surface area contributed by atoms with Gasteiger partial charge in [0.15, 0.2) is 0 Å². The smallest absolute Gasteiger partial charge is 0.456 e. The third-order valence-electron chi connectivity index (χ3n) is 13.6. The topological polar surface area (TPSA) is 111 Å². The van der Waals surface area contributed by atoms with E-state index in [2.05, 4.69) is 135 Å². The number of likely N-dealkylation sites (N-methyl/N-ethyl adjacent to an activating group) is 1. The minimum absolute atomic E-state index is 0.0265. The zero-order valence-corrected chi connectivity index (χ0v) is 53.2. The largest absolute Gasteiger partial charge is 0.472 e. The average molecular weight is 1130 g/mol. The second-order valence-electron chi connectivity index (χ2n) is 22.5. The molecule has 80 heavy (non-hydrogen) atoms. The van der Waals surface area contributed by atoms with Crippen LogP contribution in [-0.2, 0) is 27.9 Å². The Morgan fingerprint density at radius 3 is 1.23 bits per heavy atom. The first-order valence-corrected chi connectivity index (χ1v) is 33.9. The predicted octanol–water partition coefficient (Wildman–Crippen LogP) is 20.3. The summed E-state index contributed by atoms with van der Waals surface area (Å²) in [4.78, 5) is 37.8. The molecule has 0 radical (unpaired) electrons. The molecular weight excluding hydrogens is 1010 g/mol. The Labute approximate surface area is 493 Å². The molecule has 0 fully saturated rings. The van der Waals surface area contributed by atoms with Crippen molar-refractivity contribution in [2.24, 2.45) is 0 Å². The van der Waals surface area contributed by atoms with Crippen molar-refractivity contribution in [1.29, 1.82) is 0 Å². The minimum Gasteiger partial charge on any atom is -0.456 e. The summed E-state index contributed by atoms with van der Waals surface area (Å²) < 4.78 is 30.7. The van der Waals surface area contributed by atoms with Crippen LogP contribution in [0, 0.1) is 0 Å². The van der Waals surface area contributed by atoms with E-state index in [1.54, 1.807) is 0 Å². The summed E-state index contributed by atoms with van der Waals surface area (Å²) in [5.74, 6) is -0.555. The number of unbranched alkanes of at least 4 members (excludes halogenated alkanes) is 23. The first-order chi connectivity index (χ1) is 38.9. The standard InChI is InChI=1S/C70H121N2O7P/c1-7-10-13-16-19-22-25-28-30-32-34-35-36-37-39-41-43-45-48-51-54-57-60-63-70(74)79-68(61-58-55-52-49-46-27-24-21-18-15-12-9-3)67(66-78-80(75,76)77-65-64-72(4,5)6)71-69(73)62-59-56-53-50-47-44-42-40-38-33-31-29-26-23-20-17-14-11-8-2/h10,13,19-20,22-23,28-31,34-35,37-40,43,45,58,61,67-68H,7-9,11-12,14-18,21,24-27,32-33,36,41-42,44,46-57,59-60,62-66H2,1-6H3,(H-,71,73,75,76)/p+1/b13-10-,22-19-,23-20-,30-28-,31-29-,35-34-,39-37-,40-38-,45-43-,61-58+. The maximum atomic E-state index is 13.6. The molecule has 0 rings (SSSR count). The van der Waals surface area contributed by atoms with Gasteiger partial charge < -0.3 is 19.4 Å². The molecule has 10 heteroatoms. The molecular formula is C70H122N2O7P+. The van der Waals surface area contributed by atoms with Crippen LogP contribution in [0.3, 0.4) is 0 Å². The highest BCUT2D eigenvalue weighted by Crippen LogP contribution is 2.43. The summed E-state index contributed by atoms with van der Waals surface area (Å²) in [5, 5.41) is 3.04. The molecule has 0 heterocycles. The van der Waals surface area contributed by atoms with Gasteiger partial charge in [-0.1, -0.05) is 245 Å². The monoisotopic (exact) mass is 1130 g/mol. The van der Waals surface area contributed by atoms with Gasteiger partial charge in [-0.05, 0) is 122 Å². The van der Waals surface area contributed by atoms with Crippen LogP contribution >= 0.6 is 7.82 Å². The Balaban J connectivity index is 5.30. The molecule has 0 bridgehead atoms. The normalized spacial score (nSPS) is 14.4. The van der Waals surface area contributed by atoms with Gasteiger partial charge in [-0.3, -0.25) is 18.6 Å². The van der Waals surface area contributed by atoms with Gasteiger partial charge in [0.2, 0.25) is 5.91 Å². The number of hydrogen-bond donors (Lipinski definition) is 2. The summed E-state index contributed by atoms with van der Waals surface area (Å²) in [7, 11) is 1.45. The molecule has 458 valence electrons. The van der Waals surface area contributed by atoms with Crippen LogP contribution in [0.1, 0.15) is 258 Å². The molecule has 0 aromatic carbocycles. The summed E-state index contributed by atoms with van der Waals surface area (Å²) in [5.41, 5.74) is 0. The van der Waals surface area contributed by atoms with Gasteiger partial charge in [-0.2, -0.15) is 0 Å². The Kier molecular flexibility index (Phi) is 56.0. The Morgan fingerprint density at radius 2 is 0.800 bits per heavy atom. The fraction of sp³-hybridized carbons (Fsp3) is 0.686. The van der Waals surface area contributed by atoms with E-state index >= 15 is 0 Å². The van der Waals surface area contributed by atoms with Crippen LogP contribution in [0.25, 0.3) is 0 Å². The van der Waals surface area contributed by atoms with E-state index in [1.807, 2.05) is 33.3 Å². The average Bonchev–Trinajstić information content (AvgIpc) is 3.43. The van der Waals surface area contributed by atoms with Crippen LogP contribution in [0.5, 0.6) is 0 Å². The van der Waals surface area contributed by atoms with E-state index in [-0.39, 0.29) is 31.5 Å². The van der Waals surface area contributed by atoms with Crippen LogP contribution < -0.4 is 5.32 Å².